The lowest BCUT2D eigenvalue weighted by molar-refractivity contribution is -0.119. The fraction of sp³-hybridized carbons (Fsp3) is 0.227. The van der Waals surface area contributed by atoms with Crippen molar-refractivity contribution in [3.63, 3.8) is 0 Å². The first-order valence-electron chi connectivity index (χ1n) is 9.38. The second kappa shape index (κ2) is 7.79. The number of nitrogens with zero attached hydrogens (tertiary/aromatic N) is 2. The van der Waals surface area contributed by atoms with Crippen molar-refractivity contribution in [2.24, 2.45) is 0 Å². The summed E-state index contributed by atoms with van der Waals surface area (Å²) in [5, 5.41) is 8.74. The third-order valence-corrected chi connectivity index (χ3v) is 6.28. The number of aryl methyl sites for hydroxylation is 1. The van der Waals surface area contributed by atoms with Crippen LogP contribution < -0.4 is 20.3 Å². The first-order valence-corrected chi connectivity index (χ1v) is 10.2. The molecular weight excluding hydrogens is 402 g/mol. The Bertz CT molecular complexity index is 1330. The number of ether oxygens (including phenoxy) is 2. The summed E-state index contributed by atoms with van der Waals surface area (Å²) in [4.78, 5) is 26.1. The second-order valence-corrected chi connectivity index (χ2v) is 7.92. The Morgan fingerprint density at radius 3 is 2.60 bits per heavy atom. The van der Waals surface area contributed by atoms with Crippen molar-refractivity contribution < 1.29 is 14.3 Å². The molecule has 2 aromatic carbocycles. The van der Waals surface area contributed by atoms with E-state index in [0.717, 1.165) is 20.5 Å². The zero-order valence-electron chi connectivity index (χ0n) is 17.1. The highest BCUT2D eigenvalue weighted by atomic mass is 32.1. The molecule has 0 saturated carbocycles. The van der Waals surface area contributed by atoms with Crippen LogP contribution in [0, 0.1) is 6.92 Å². The summed E-state index contributed by atoms with van der Waals surface area (Å²) in [6, 6.07) is 12.0. The van der Waals surface area contributed by atoms with Crippen LogP contribution >= 0.6 is 11.3 Å². The van der Waals surface area contributed by atoms with Crippen molar-refractivity contribution in [2.75, 3.05) is 19.5 Å². The molecule has 2 heterocycles. The summed E-state index contributed by atoms with van der Waals surface area (Å²) < 4.78 is 13.6. The summed E-state index contributed by atoms with van der Waals surface area (Å²) in [6.45, 7) is 3.51. The number of thiophene rings is 1. The second-order valence-electron chi connectivity index (χ2n) is 6.87. The van der Waals surface area contributed by atoms with Gasteiger partial charge in [0.2, 0.25) is 5.91 Å². The Morgan fingerprint density at radius 1 is 1.13 bits per heavy atom. The number of hydrogen-bond acceptors (Lipinski definition) is 6. The van der Waals surface area contributed by atoms with Crippen LogP contribution in [-0.4, -0.2) is 29.9 Å². The number of methoxy groups -OCH3 is 2. The quantitative estimate of drug-likeness (QED) is 0.522. The molecule has 0 aliphatic rings. The topological polar surface area (TPSA) is 82.5 Å². The first-order chi connectivity index (χ1) is 14.4. The Kier molecular flexibility index (Phi) is 5.17. The number of hydrogen-bond donors (Lipinski definition) is 1. The first kappa shape index (κ1) is 19.9. The van der Waals surface area contributed by atoms with Crippen LogP contribution in [-0.2, 0) is 4.79 Å². The summed E-state index contributed by atoms with van der Waals surface area (Å²) in [7, 11) is 3.07. The largest absolute Gasteiger partial charge is 0.493 e. The number of fused-ring (bicyclic) bond motifs is 3. The van der Waals surface area contributed by atoms with Gasteiger partial charge in [0.05, 0.1) is 30.0 Å². The van der Waals surface area contributed by atoms with Gasteiger partial charge >= 0.3 is 0 Å². The Hall–Kier alpha value is -3.39. The molecule has 0 aliphatic carbocycles. The lowest BCUT2D eigenvalue weighted by Crippen LogP contribution is -2.33. The van der Waals surface area contributed by atoms with Crippen LogP contribution in [0.4, 0.5) is 5.69 Å². The van der Waals surface area contributed by atoms with E-state index in [0.29, 0.717) is 22.6 Å². The van der Waals surface area contributed by atoms with Gasteiger partial charge in [-0.1, -0.05) is 18.2 Å². The van der Waals surface area contributed by atoms with Crippen LogP contribution in [0.5, 0.6) is 11.5 Å². The van der Waals surface area contributed by atoms with E-state index in [4.69, 9.17) is 9.47 Å². The van der Waals surface area contributed by atoms with Crippen LogP contribution in [0.1, 0.15) is 18.7 Å². The van der Waals surface area contributed by atoms with Gasteiger partial charge in [-0.25, -0.2) is 4.68 Å². The van der Waals surface area contributed by atoms with E-state index >= 15 is 0 Å². The molecule has 0 spiro atoms. The molecule has 7 nitrogen and oxygen atoms in total. The minimum absolute atomic E-state index is 0.275. The molecular formula is C22H21N3O4S. The minimum Gasteiger partial charge on any atom is -0.493 e. The smallest absolute Gasteiger partial charge is 0.276 e. The number of carbonyl (C=O) groups is 1. The maximum Gasteiger partial charge on any atom is 0.276 e. The molecule has 0 unspecified atom stereocenters. The molecule has 30 heavy (non-hydrogen) atoms. The van der Waals surface area contributed by atoms with Gasteiger partial charge < -0.3 is 14.8 Å². The standard InChI is InChI=1S/C22H21N3O4S/c1-12-20-19(15-7-5-6-8-18(15)30-20)22(27)25(24-12)13(2)21(26)23-14-9-10-16(28-3)17(11-14)29-4/h5-11,13H,1-4H3,(H,23,26)/t13-/m0/s1. The minimum atomic E-state index is -0.799. The highest BCUT2D eigenvalue weighted by molar-refractivity contribution is 7.26. The number of rotatable bonds is 5. The zero-order chi connectivity index (χ0) is 21.4. The van der Waals surface area contributed by atoms with Crippen LogP contribution in [0.25, 0.3) is 20.2 Å². The fourth-order valence-electron chi connectivity index (χ4n) is 3.41. The number of anilines is 1. The monoisotopic (exact) mass is 423 g/mol. The summed E-state index contributed by atoms with van der Waals surface area (Å²) >= 11 is 1.54. The van der Waals surface area contributed by atoms with Crippen molar-refractivity contribution in [3.8, 4) is 11.5 Å². The molecule has 4 aromatic rings. The van der Waals surface area contributed by atoms with Gasteiger partial charge in [0, 0.05) is 21.8 Å². The molecule has 0 aliphatic heterocycles. The van der Waals surface area contributed by atoms with Crippen LogP contribution in [0.3, 0.4) is 0 Å². The van der Waals surface area contributed by atoms with Crippen molar-refractivity contribution in [2.45, 2.75) is 19.9 Å². The molecule has 0 radical (unpaired) electrons. The van der Waals surface area contributed by atoms with Crippen LogP contribution in [0.2, 0.25) is 0 Å². The lowest BCUT2D eigenvalue weighted by atomic mass is 10.2. The van der Waals surface area contributed by atoms with Crippen molar-refractivity contribution in [1.82, 2.24) is 9.78 Å². The fourth-order valence-corrected chi connectivity index (χ4v) is 4.55. The van der Waals surface area contributed by atoms with Gasteiger partial charge in [-0.3, -0.25) is 9.59 Å². The Balaban J connectivity index is 1.71. The number of aromatic nitrogens is 2. The van der Waals surface area contributed by atoms with Crippen molar-refractivity contribution in [1.29, 1.82) is 0 Å². The highest BCUT2D eigenvalue weighted by Gasteiger charge is 2.22. The lowest BCUT2D eigenvalue weighted by Gasteiger charge is -2.16. The van der Waals surface area contributed by atoms with Crippen LogP contribution in [0.15, 0.2) is 47.3 Å². The average molecular weight is 423 g/mol. The average Bonchev–Trinajstić information content (AvgIpc) is 3.16. The van der Waals surface area contributed by atoms with Gasteiger partial charge in [-0.2, -0.15) is 5.10 Å². The summed E-state index contributed by atoms with van der Waals surface area (Å²) in [5.41, 5.74) is 0.982. The van der Waals surface area contributed by atoms with E-state index in [9.17, 15) is 9.59 Å². The molecule has 4 rings (SSSR count). The summed E-state index contributed by atoms with van der Waals surface area (Å²) in [5.74, 6) is 0.710. The molecule has 1 atom stereocenters. The molecule has 0 fully saturated rings. The van der Waals surface area contributed by atoms with Gasteiger partial charge in [0.25, 0.3) is 5.56 Å². The van der Waals surface area contributed by atoms with E-state index in [1.807, 2.05) is 31.2 Å². The van der Waals surface area contributed by atoms with Gasteiger partial charge in [-0.15, -0.1) is 11.3 Å². The Labute approximate surface area is 176 Å². The van der Waals surface area contributed by atoms with Gasteiger partial charge in [-0.05, 0) is 32.0 Å². The SMILES string of the molecule is COc1ccc(NC(=O)[C@H](C)n2nc(C)c3sc4ccccc4c3c2=O)cc1OC. The zero-order valence-corrected chi connectivity index (χ0v) is 17.9. The number of amides is 1. The number of carbonyl (C=O) groups excluding carboxylic acids is 1. The van der Waals surface area contributed by atoms with Crippen molar-refractivity contribution in [3.05, 3.63) is 58.5 Å². The third-order valence-electron chi connectivity index (χ3n) is 5.00. The van der Waals surface area contributed by atoms with Crippen molar-refractivity contribution >= 4 is 43.1 Å². The van der Waals surface area contributed by atoms with Gasteiger partial charge in [0.15, 0.2) is 11.5 Å². The molecule has 0 saturated heterocycles. The molecule has 2 aromatic heterocycles. The predicted octanol–water partition coefficient (Wildman–Crippen LogP) is 4.14. The maximum absolute atomic E-state index is 13.2. The van der Waals surface area contributed by atoms with Gasteiger partial charge in [0.1, 0.15) is 6.04 Å². The normalized spacial score (nSPS) is 12.1. The highest BCUT2D eigenvalue weighted by Crippen LogP contribution is 2.33. The van der Waals surface area contributed by atoms with E-state index in [2.05, 4.69) is 10.4 Å². The number of nitrogens with one attached hydrogen (secondary N) is 1. The molecule has 1 N–H and O–H groups in total. The van der Waals surface area contributed by atoms with E-state index in [1.165, 1.54) is 23.1 Å². The molecule has 8 heteroatoms. The maximum atomic E-state index is 13.2. The molecule has 0 bridgehead atoms. The summed E-state index contributed by atoms with van der Waals surface area (Å²) in [6.07, 6.45) is 0. The van der Waals surface area contributed by atoms with E-state index < -0.39 is 6.04 Å². The predicted molar refractivity (Wildman–Crippen MR) is 119 cm³/mol. The van der Waals surface area contributed by atoms with E-state index in [-0.39, 0.29) is 11.5 Å². The molecule has 1 amide bonds. The third kappa shape index (κ3) is 3.29. The van der Waals surface area contributed by atoms with E-state index in [1.54, 1.807) is 32.2 Å². The number of benzene rings is 2. The molecule has 154 valence electrons. The Morgan fingerprint density at radius 2 is 1.87 bits per heavy atom.